The number of urea groups is 1. The first-order valence-electron chi connectivity index (χ1n) is 19.2. The number of halogens is 1. The zero-order chi connectivity index (χ0) is 38.6. The van der Waals surface area contributed by atoms with Crippen molar-refractivity contribution in [2.24, 2.45) is 5.92 Å². The minimum absolute atomic E-state index is 0.00973. The topological polar surface area (TPSA) is 175 Å². The summed E-state index contributed by atoms with van der Waals surface area (Å²) in [7, 11) is 0. The van der Waals surface area contributed by atoms with Crippen molar-refractivity contribution >= 4 is 52.1 Å². The molecule has 0 unspecified atom stereocenters. The van der Waals surface area contributed by atoms with Gasteiger partial charge in [-0.1, -0.05) is 18.9 Å². The van der Waals surface area contributed by atoms with Crippen molar-refractivity contribution in [3.05, 3.63) is 64.0 Å². The number of amides is 5. The predicted molar refractivity (Wildman–Crippen MR) is 208 cm³/mol. The first-order valence-corrected chi connectivity index (χ1v) is 20.3. The van der Waals surface area contributed by atoms with Gasteiger partial charge in [0.15, 0.2) is 0 Å². The molecule has 6 rings (SSSR count). The van der Waals surface area contributed by atoms with E-state index in [1.165, 1.54) is 11.0 Å². The number of nitrogens with zero attached hydrogens (tertiary/aromatic N) is 3. The zero-order valence-corrected chi connectivity index (χ0v) is 31.9. The largest absolute Gasteiger partial charge is 0.493 e. The fourth-order valence-electron chi connectivity index (χ4n) is 6.98. The fraction of sp³-hybridized carbons (Fsp3) is 0.538. The zero-order valence-electron chi connectivity index (χ0n) is 31.0. The first kappa shape index (κ1) is 40.1. The Morgan fingerprint density at radius 1 is 0.964 bits per heavy atom. The third-order valence-corrected chi connectivity index (χ3v) is 11.5. The molecule has 3 aromatic rings. The summed E-state index contributed by atoms with van der Waals surface area (Å²) >= 11 is 1.71. The van der Waals surface area contributed by atoms with Crippen molar-refractivity contribution < 1.29 is 33.0 Å². The number of thioether (sulfide) groups is 1. The van der Waals surface area contributed by atoms with Crippen LogP contribution in [0.15, 0.2) is 41.2 Å². The van der Waals surface area contributed by atoms with Gasteiger partial charge in [-0.15, -0.1) is 0 Å². The second-order valence-corrected chi connectivity index (χ2v) is 15.6. The van der Waals surface area contributed by atoms with Crippen molar-refractivity contribution in [1.82, 2.24) is 30.8 Å². The summed E-state index contributed by atoms with van der Waals surface area (Å²) < 4.78 is 26.1. The lowest BCUT2D eigenvalue weighted by molar-refractivity contribution is -0.122. The van der Waals surface area contributed by atoms with Gasteiger partial charge < -0.3 is 25.1 Å². The number of carbonyl (C=O) groups excluding carboxylic acids is 4. The minimum atomic E-state index is -0.643. The molecule has 1 aromatic heterocycles. The van der Waals surface area contributed by atoms with E-state index in [-0.39, 0.29) is 41.6 Å². The maximum absolute atomic E-state index is 14.9. The van der Waals surface area contributed by atoms with Gasteiger partial charge in [-0.25, -0.2) is 14.2 Å². The molecule has 16 heteroatoms. The van der Waals surface area contributed by atoms with Gasteiger partial charge in [0.05, 0.1) is 24.4 Å². The maximum atomic E-state index is 14.9. The Morgan fingerprint density at radius 3 is 2.49 bits per heavy atom. The standard InChI is InChI=1S/C39H50FN7O7S/c40-31-21-29(54-24-26-11-18-53-19-12-26)22-32-36(31)38(51)44-33(43-32)25-55-30-8-15-46(16-9-30)23-35(49)41-13-3-1-2-4-14-42-37(50)27-6-5-7-28(20-27)47-17-10-34(48)45-39(47)52/h5-7,20-22,26,30H,1-4,8-19,23-25H2,(H,41,49)(H,42,50)(H,43,44,51)(H,45,48,52). The van der Waals surface area contributed by atoms with E-state index in [1.54, 1.807) is 42.1 Å². The molecule has 3 fully saturated rings. The summed E-state index contributed by atoms with van der Waals surface area (Å²) in [5.41, 5.74) is 0.809. The van der Waals surface area contributed by atoms with E-state index in [4.69, 9.17) is 9.47 Å². The minimum Gasteiger partial charge on any atom is -0.493 e. The molecule has 5 amide bonds. The molecule has 0 aliphatic carbocycles. The summed E-state index contributed by atoms with van der Waals surface area (Å²) in [6.07, 6.45) is 7.35. The first-order chi connectivity index (χ1) is 26.7. The van der Waals surface area contributed by atoms with E-state index < -0.39 is 17.4 Å². The van der Waals surface area contributed by atoms with Crippen LogP contribution in [0.25, 0.3) is 10.9 Å². The van der Waals surface area contributed by atoms with Gasteiger partial charge in [0, 0.05) is 67.9 Å². The van der Waals surface area contributed by atoms with Crippen molar-refractivity contribution in [3.8, 4) is 5.75 Å². The number of fused-ring (bicyclic) bond motifs is 1. The lowest BCUT2D eigenvalue weighted by atomic mass is 10.0. The van der Waals surface area contributed by atoms with E-state index >= 15 is 0 Å². The van der Waals surface area contributed by atoms with Crippen LogP contribution in [-0.2, 0) is 20.1 Å². The summed E-state index contributed by atoms with van der Waals surface area (Å²) in [5.74, 6) is 0.570. The van der Waals surface area contributed by atoms with Gasteiger partial charge in [-0.2, -0.15) is 11.8 Å². The van der Waals surface area contributed by atoms with E-state index in [9.17, 15) is 28.4 Å². The number of aromatic amines is 1. The monoisotopic (exact) mass is 779 g/mol. The summed E-state index contributed by atoms with van der Waals surface area (Å²) in [6.45, 7) is 5.24. The smallest absolute Gasteiger partial charge is 0.328 e. The number of aromatic nitrogens is 2. The van der Waals surface area contributed by atoms with Crippen LogP contribution in [0.4, 0.5) is 14.9 Å². The number of unbranched alkanes of at least 4 members (excludes halogenated alkanes) is 3. The molecule has 0 spiro atoms. The molecule has 0 saturated carbocycles. The lowest BCUT2D eigenvalue weighted by Crippen LogP contribution is -2.49. The molecule has 14 nitrogen and oxygen atoms in total. The normalized spacial score (nSPS) is 17.3. The van der Waals surface area contributed by atoms with Crippen LogP contribution in [-0.4, -0.2) is 103 Å². The second-order valence-electron chi connectivity index (χ2n) is 14.3. The highest BCUT2D eigenvalue weighted by Crippen LogP contribution is 2.27. The summed E-state index contributed by atoms with van der Waals surface area (Å²) in [6, 6.07) is 9.20. The van der Waals surface area contributed by atoms with Gasteiger partial charge in [-0.05, 0) is 75.7 Å². The van der Waals surface area contributed by atoms with Crippen LogP contribution in [0.3, 0.4) is 0 Å². The summed E-state index contributed by atoms with van der Waals surface area (Å²) in [4.78, 5) is 72.5. The number of imide groups is 1. The molecule has 3 saturated heterocycles. The van der Waals surface area contributed by atoms with Gasteiger partial charge in [0.25, 0.3) is 11.5 Å². The molecule has 0 atom stereocenters. The van der Waals surface area contributed by atoms with E-state index in [2.05, 4.69) is 30.8 Å². The van der Waals surface area contributed by atoms with Gasteiger partial charge in [0.2, 0.25) is 11.8 Å². The highest BCUT2D eigenvalue weighted by atomic mass is 32.2. The number of hydrogen-bond donors (Lipinski definition) is 4. The number of nitrogens with one attached hydrogen (secondary N) is 4. The molecule has 2 aromatic carbocycles. The number of anilines is 1. The van der Waals surface area contributed by atoms with Crippen LogP contribution < -0.4 is 31.1 Å². The molecule has 0 radical (unpaired) electrons. The summed E-state index contributed by atoms with van der Waals surface area (Å²) in [5, 5.41) is 8.52. The number of piperidine rings is 1. The molecule has 4 N–H and O–H groups in total. The average molecular weight is 780 g/mol. The molecule has 55 heavy (non-hydrogen) atoms. The number of ether oxygens (including phenoxy) is 2. The van der Waals surface area contributed by atoms with E-state index in [0.717, 1.165) is 64.5 Å². The lowest BCUT2D eigenvalue weighted by Gasteiger charge is -2.31. The van der Waals surface area contributed by atoms with Crippen molar-refractivity contribution in [2.45, 2.75) is 68.8 Å². The fourth-order valence-corrected chi connectivity index (χ4v) is 8.05. The van der Waals surface area contributed by atoms with Gasteiger partial charge >= 0.3 is 6.03 Å². The van der Waals surface area contributed by atoms with Crippen molar-refractivity contribution in [2.75, 3.05) is 64.0 Å². The van der Waals surface area contributed by atoms with Crippen LogP contribution in [0.5, 0.6) is 5.75 Å². The quantitative estimate of drug-likeness (QED) is 0.146. The molecule has 3 aliphatic heterocycles. The van der Waals surface area contributed by atoms with Gasteiger partial charge in [0.1, 0.15) is 22.8 Å². The molecular formula is C39H50FN7O7S. The second kappa shape index (κ2) is 19.9. The van der Waals surface area contributed by atoms with E-state index in [1.807, 2.05) is 0 Å². The molecule has 0 bridgehead atoms. The number of benzene rings is 2. The SMILES string of the molecule is O=C(CN1CCC(SCc2nc3cc(OCC4CCOCC4)cc(F)c3c(=O)[nH]2)CC1)NCCCCCCNC(=O)c1cccc(N2CCC(=O)NC2=O)c1. The van der Waals surface area contributed by atoms with Crippen molar-refractivity contribution in [3.63, 3.8) is 0 Å². The Kier molecular flexibility index (Phi) is 14.5. The van der Waals surface area contributed by atoms with Crippen LogP contribution in [0.2, 0.25) is 0 Å². The number of H-pyrrole nitrogens is 1. The third kappa shape index (κ3) is 11.7. The van der Waals surface area contributed by atoms with Crippen LogP contribution in [0.1, 0.15) is 74.0 Å². The highest BCUT2D eigenvalue weighted by molar-refractivity contribution is 7.99. The van der Waals surface area contributed by atoms with E-state index in [0.29, 0.717) is 79.2 Å². The Hall–Kier alpha value is -4.54. The molecule has 3 aliphatic rings. The van der Waals surface area contributed by atoms with Crippen LogP contribution in [0, 0.1) is 11.7 Å². The maximum Gasteiger partial charge on any atom is 0.328 e. The van der Waals surface area contributed by atoms with Crippen molar-refractivity contribution in [1.29, 1.82) is 0 Å². The number of likely N-dealkylation sites (tertiary alicyclic amines) is 1. The average Bonchev–Trinajstić information content (AvgIpc) is 3.18. The number of hydrogen-bond acceptors (Lipinski definition) is 10. The van der Waals surface area contributed by atoms with Crippen LogP contribution >= 0.6 is 11.8 Å². The highest BCUT2D eigenvalue weighted by Gasteiger charge is 2.25. The van der Waals surface area contributed by atoms with Gasteiger partial charge in [-0.3, -0.25) is 34.3 Å². The Morgan fingerprint density at radius 2 is 1.73 bits per heavy atom. The Balaban J connectivity index is 0.821. The molecule has 296 valence electrons. The number of rotatable bonds is 17. The number of carbonyl (C=O) groups is 4. The molecular weight excluding hydrogens is 730 g/mol. The Labute approximate surface area is 323 Å². The third-order valence-electron chi connectivity index (χ3n) is 10.2. The Bertz CT molecular complexity index is 1880. The molecule has 4 heterocycles. The predicted octanol–water partition coefficient (Wildman–Crippen LogP) is 4.12.